The second-order valence-corrected chi connectivity index (χ2v) is 31.4. The van der Waals surface area contributed by atoms with Crippen molar-refractivity contribution >= 4 is 82.5 Å². The average molecular weight is 1480 g/mol. The van der Waals surface area contributed by atoms with Crippen molar-refractivity contribution in [1.82, 2.24) is 60.0 Å². The third kappa shape index (κ3) is 18.9. The second-order valence-electron chi connectivity index (χ2n) is 30.8. The van der Waals surface area contributed by atoms with Crippen molar-refractivity contribution in [3.8, 4) is 0 Å². The Morgan fingerprint density at radius 3 is 1.91 bits per heavy atom. The van der Waals surface area contributed by atoms with Crippen LogP contribution < -0.4 is 16.0 Å². The SMILES string of the molecule is CCCCC[C@H]1C(=O)N[C@@H]([C@@H](C)CC)C(=O)N(C)[C@@H](C)C(=O)N2CC[C@H]2C(=O)N(C)[C@@H](COCCC)C(=O)N(C)CC(=O)N[C@@H](CCC2CCC(C(F)(F)F)C(Cl)C2)C(=O)N2CCC[C@H]2C(=O)NC2(CCCC2)C(=O)N(C)[C@@H](C2CCCC2)C(=O)N(C)[C@H](C(=O)N2C3CCC2COC3)CC(=O)N1C. The summed E-state index contributed by atoms with van der Waals surface area (Å²) in [5.41, 5.74) is -1.57. The molecule has 8 fully saturated rings. The van der Waals surface area contributed by atoms with Gasteiger partial charge in [0.05, 0.1) is 50.8 Å². The topological polar surface area (TPSA) is 289 Å². The van der Waals surface area contributed by atoms with Crippen LogP contribution >= 0.6 is 11.6 Å². The van der Waals surface area contributed by atoms with Crippen LogP contribution in [0.3, 0.4) is 0 Å². The second kappa shape index (κ2) is 36.3. The van der Waals surface area contributed by atoms with Gasteiger partial charge in [0.15, 0.2) is 0 Å². The van der Waals surface area contributed by atoms with E-state index in [9.17, 15) is 37.1 Å². The summed E-state index contributed by atoms with van der Waals surface area (Å²) < 4.78 is 53.8. The molecule has 12 amide bonds. The van der Waals surface area contributed by atoms with Crippen LogP contribution in [0.25, 0.3) is 0 Å². The van der Waals surface area contributed by atoms with E-state index in [4.69, 9.17) is 21.1 Å². The molecule has 26 nitrogen and oxygen atoms in total. The smallest absolute Gasteiger partial charge is 0.379 e. The van der Waals surface area contributed by atoms with Crippen LogP contribution in [0.1, 0.15) is 195 Å². The summed E-state index contributed by atoms with van der Waals surface area (Å²) in [4.78, 5) is 193. The largest absolute Gasteiger partial charge is 0.393 e. The van der Waals surface area contributed by atoms with Gasteiger partial charge in [0.1, 0.15) is 59.9 Å². The molecule has 5 saturated heterocycles. The number of fused-ring (bicyclic) bond motifs is 4. The molecule has 3 aliphatic carbocycles. The number of halogens is 4. The standard InChI is InChI=1S/C73H116ClF3N12O14/c1-12-15-16-24-53-62(92)79-60(44(4)14-3)69(99)82(7)45(5)64(94)88-36-32-55(88)67(97)85(10)57(43-102-37-13-2)66(96)81(6)40-58(90)78-52(31-27-46-26-30-50(51(74)38-46)73(75,76)77)65(95)87-35-21-25-54(87)63(93)80-72(33-19-20-34-72)71(101)86(11)61(47-22-17-18-23-47)70(100)84(9)56(39-59(91)83(53)8)68(98)89-48-28-29-49(89)42-103-41-48/h44-57,60-61H,12-43H2,1-11H3,(H,78,90)(H,79,92)(H,80,93)/t44-,45-,46?,48?,49?,50?,51?,52-,53-,54-,55-,56-,57-,60-,61-/m0/s1. The monoisotopic (exact) mass is 1480 g/mol. The molecular formula is C73H116ClF3N12O14. The summed E-state index contributed by atoms with van der Waals surface area (Å²) in [5.74, 6) is -10.7. The number of rotatable bonds is 15. The lowest BCUT2D eigenvalue weighted by molar-refractivity contribution is -0.182. The molecule has 5 aliphatic heterocycles. The van der Waals surface area contributed by atoms with Crippen LogP contribution in [-0.4, -0.2) is 287 Å². The molecule has 580 valence electrons. The number of hydrogen-bond donors (Lipinski definition) is 3. The van der Waals surface area contributed by atoms with Gasteiger partial charge in [-0.05, 0) is 127 Å². The van der Waals surface area contributed by atoms with E-state index in [1.54, 1.807) is 11.8 Å². The minimum atomic E-state index is -4.52. The molecule has 3 N–H and O–H groups in total. The summed E-state index contributed by atoms with van der Waals surface area (Å²) in [5, 5.41) is 7.62. The van der Waals surface area contributed by atoms with Crippen molar-refractivity contribution < 1.29 is 80.2 Å². The summed E-state index contributed by atoms with van der Waals surface area (Å²) in [6.07, 6.45) is 3.88. The van der Waals surface area contributed by atoms with Crippen molar-refractivity contribution in [2.75, 3.05) is 88.3 Å². The third-order valence-corrected chi connectivity index (χ3v) is 24.5. The Hall–Kier alpha value is -6.36. The van der Waals surface area contributed by atoms with E-state index in [1.807, 2.05) is 20.8 Å². The van der Waals surface area contributed by atoms with Gasteiger partial charge < -0.3 is 69.5 Å². The lowest BCUT2D eigenvalue weighted by Gasteiger charge is -2.45. The number of unbranched alkanes of at least 4 members (excludes halogenated alkanes) is 2. The molecule has 8 rings (SSSR count). The predicted octanol–water partition coefficient (Wildman–Crippen LogP) is 4.99. The first-order chi connectivity index (χ1) is 48.8. The molecule has 103 heavy (non-hydrogen) atoms. The Bertz CT molecular complexity index is 3030. The molecule has 5 unspecified atom stereocenters. The van der Waals surface area contributed by atoms with Crippen LogP contribution in [-0.2, 0) is 67.0 Å². The minimum Gasteiger partial charge on any atom is -0.379 e. The number of carbonyl (C=O) groups is 12. The Morgan fingerprint density at radius 1 is 0.650 bits per heavy atom. The number of carbonyl (C=O) groups excluding carboxylic acids is 12. The molecule has 15 atom stereocenters. The summed E-state index contributed by atoms with van der Waals surface area (Å²) in [6.45, 7) is 8.88. The zero-order valence-electron chi connectivity index (χ0n) is 62.6. The van der Waals surface area contributed by atoms with Gasteiger partial charge >= 0.3 is 6.18 Å². The van der Waals surface area contributed by atoms with Crippen LogP contribution in [0.4, 0.5) is 13.2 Å². The van der Waals surface area contributed by atoms with Gasteiger partial charge in [-0.25, -0.2) is 0 Å². The fourth-order valence-electron chi connectivity index (χ4n) is 17.1. The Labute approximate surface area is 610 Å². The van der Waals surface area contributed by atoms with Gasteiger partial charge in [0.25, 0.3) is 0 Å². The molecule has 0 aromatic heterocycles. The number of amides is 12. The first-order valence-corrected chi connectivity index (χ1v) is 38.5. The highest BCUT2D eigenvalue weighted by Crippen LogP contribution is 2.44. The fourth-order valence-corrected chi connectivity index (χ4v) is 17.6. The van der Waals surface area contributed by atoms with Gasteiger partial charge in [0, 0.05) is 67.4 Å². The molecule has 0 aromatic carbocycles. The first kappa shape index (κ1) is 82.3. The molecule has 1 spiro atoms. The first-order valence-electron chi connectivity index (χ1n) is 38.1. The highest BCUT2D eigenvalue weighted by atomic mass is 35.5. The normalized spacial score (nSPS) is 32.1. The van der Waals surface area contributed by atoms with Gasteiger partial charge in [0.2, 0.25) is 70.9 Å². The van der Waals surface area contributed by atoms with Gasteiger partial charge in [-0.2, -0.15) is 13.2 Å². The summed E-state index contributed by atoms with van der Waals surface area (Å²) in [6, 6.07) is -11.8. The predicted molar refractivity (Wildman–Crippen MR) is 376 cm³/mol. The number of hydrogen-bond acceptors (Lipinski definition) is 14. The molecular weight excluding hydrogens is 1360 g/mol. The lowest BCUT2D eigenvalue weighted by atomic mass is 9.78. The van der Waals surface area contributed by atoms with E-state index in [1.165, 1.54) is 78.6 Å². The summed E-state index contributed by atoms with van der Waals surface area (Å²) in [7, 11) is 8.60. The lowest BCUT2D eigenvalue weighted by Crippen LogP contribution is -2.65. The van der Waals surface area contributed by atoms with Gasteiger partial charge in [-0.15, -0.1) is 11.6 Å². The Kier molecular flexibility index (Phi) is 29.0. The van der Waals surface area contributed by atoms with E-state index >= 15 is 33.6 Å². The quantitative estimate of drug-likeness (QED) is 0.144. The zero-order valence-corrected chi connectivity index (χ0v) is 63.4. The highest BCUT2D eigenvalue weighted by Gasteiger charge is 2.54. The number of nitrogens with one attached hydrogen (secondary N) is 3. The Morgan fingerprint density at radius 2 is 1.31 bits per heavy atom. The molecule has 2 bridgehead atoms. The maximum atomic E-state index is 15.9. The molecule has 3 saturated carbocycles. The minimum absolute atomic E-state index is 0.0124. The van der Waals surface area contributed by atoms with Crippen LogP contribution in [0.2, 0.25) is 0 Å². The molecule has 8 aliphatic rings. The summed E-state index contributed by atoms with van der Waals surface area (Å²) >= 11 is 6.40. The number of morpholine rings is 1. The molecule has 0 radical (unpaired) electrons. The number of nitrogens with zero attached hydrogens (tertiary/aromatic N) is 9. The van der Waals surface area contributed by atoms with Crippen molar-refractivity contribution in [2.45, 2.75) is 279 Å². The van der Waals surface area contributed by atoms with Gasteiger partial charge in [-0.3, -0.25) is 57.5 Å². The van der Waals surface area contributed by atoms with E-state index in [2.05, 4.69) is 16.0 Å². The number of ether oxygens (including phenoxy) is 2. The number of likely N-dealkylation sites (N-methyl/N-ethyl adjacent to an activating group) is 6. The Balaban J connectivity index is 1.17. The highest BCUT2D eigenvalue weighted by molar-refractivity contribution is 6.21. The van der Waals surface area contributed by atoms with Crippen LogP contribution in [0.15, 0.2) is 0 Å². The van der Waals surface area contributed by atoms with Crippen molar-refractivity contribution in [1.29, 1.82) is 0 Å². The van der Waals surface area contributed by atoms with Gasteiger partial charge in [-0.1, -0.05) is 79.1 Å². The van der Waals surface area contributed by atoms with E-state index in [0.717, 1.165) is 29.1 Å². The van der Waals surface area contributed by atoms with Crippen LogP contribution in [0, 0.1) is 23.7 Å². The van der Waals surface area contributed by atoms with Crippen molar-refractivity contribution in [2.24, 2.45) is 23.7 Å². The van der Waals surface area contributed by atoms with Crippen LogP contribution in [0.5, 0.6) is 0 Å². The van der Waals surface area contributed by atoms with E-state index < -0.39 is 173 Å². The fraction of sp³-hybridized carbons (Fsp3) is 0.836. The number of alkyl halides is 4. The van der Waals surface area contributed by atoms with E-state index in [-0.39, 0.29) is 122 Å². The average Bonchev–Trinajstić information content (AvgIpc) is 1.71. The maximum absolute atomic E-state index is 15.9. The third-order valence-electron chi connectivity index (χ3n) is 24.0. The van der Waals surface area contributed by atoms with Crippen molar-refractivity contribution in [3.63, 3.8) is 0 Å². The molecule has 0 aromatic rings. The van der Waals surface area contributed by atoms with Crippen molar-refractivity contribution in [3.05, 3.63) is 0 Å². The zero-order chi connectivity index (χ0) is 75.5. The molecule has 5 heterocycles. The van der Waals surface area contributed by atoms with E-state index in [0.29, 0.717) is 70.6 Å². The molecule has 30 heteroatoms. The maximum Gasteiger partial charge on any atom is 0.393 e.